The summed E-state index contributed by atoms with van der Waals surface area (Å²) >= 11 is 0. The number of aliphatic hydroxyl groups is 3. The molecule has 1 atom stereocenters. The fourth-order valence-electron chi connectivity index (χ4n) is 0.989. The van der Waals surface area contributed by atoms with Crippen LogP contribution in [0.1, 0.15) is 26.7 Å². The second kappa shape index (κ2) is 6.32. The van der Waals surface area contributed by atoms with E-state index in [1.165, 1.54) is 0 Å². The van der Waals surface area contributed by atoms with Gasteiger partial charge in [-0.3, -0.25) is 0 Å². The van der Waals surface area contributed by atoms with E-state index in [0.29, 0.717) is 19.4 Å². The van der Waals surface area contributed by atoms with Crippen molar-refractivity contribution in [1.82, 2.24) is 5.32 Å². The molecule has 80 valence electrons. The van der Waals surface area contributed by atoms with Crippen LogP contribution in [0.5, 0.6) is 0 Å². The van der Waals surface area contributed by atoms with E-state index in [0.717, 1.165) is 0 Å². The topological polar surface area (TPSA) is 72.7 Å². The molecule has 0 fully saturated rings. The number of β-amino-alcohol motifs (C(OH)–C–C–N with tert-alkyl or cyclic N) is 1. The zero-order valence-corrected chi connectivity index (χ0v) is 8.45. The summed E-state index contributed by atoms with van der Waals surface area (Å²) in [5, 5.41) is 30.4. The second-order valence-corrected chi connectivity index (χ2v) is 3.39. The quantitative estimate of drug-likeness (QED) is 0.437. The summed E-state index contributed by atoms with van der Waals surface area (Å²) in [5.41, 5.74) is -0.643. The van der Waals surface area contributed by atoms with Gasteiger partial charge in [-0.05, 0) is 12.8 Å². The van der Waals surface area contributed by atoms with Crippen LogP contribution in [0.25, 0.3) is 0 Å². The smallest absolute Gasteiger partial charge is 0.0662 e. The minimum atomic E-state index is -0.643. The Kier molecular flexibility index (Phi) is 6.24. The molecule has 0 rings (SSSR count). The van der Waals surface area contributed by atoms with Crippen LogP contribution < -0.4 is 5.32 Å². The van der Waals surface area contributed by atoms with Crippen molar-refractivity contribution >= 4 is 0 Å². The highest BCUT2D eigenvalue weighted by atomic mass is 16.3. The lowest BCUT2D eigenvalue weighted by Gasteiger charge is -2.30. The summed E-state index contributed by atoms with van der Waals surface area (Å²) in [5.74, 6) is 0. The van der Waals surface area contributed by atoms with Gasteiger partial charge in [-0.1, -0.05) is 13.8 Å². The Labute approximate surface area is 79.6 Å². The zero-order chi connectivity index (χ0) is 10.3. The normalized spacial score (nSPS) is 14.5. The lowest BCUT2D eigenvalue weighted by atomic mass is 9.98. The molecule has 0 aromatic heterocycles. The molecule has 0 aromatic carbocycles. The maximum absolute atomic E-state index is 9.28. The van der Waals surface area contributed by atoms with Crippen molar-refractivity contribution in [3.8, 4) is 0 Å². The van der Waals surface area contributed by atoms with Crippen LogP contribution in [-0.2, 0) is 0 Å². The van der Waals surface area contributed by atoms with Crippen molar-refractivity contribution in [2.24, 2.45) is 0 Å². The van der Waals surface area contributed by atoms with E-state index < -0.39 is 11.6 Å². The van der Waals surface area contributed by atoms with Crippen LogP contribution in [-0.4, -0.2) is 46.7 Å². The molecule has 0 aliphatic rings. The van der Waals surface area contributed by atoms with Gasteiger partial charge in [-0.15, -0.1) is 0 Å². The number of rotatable bonds is 7. The first-order chi connectivity index (χ1) is 6.14. The SMILES string of the molecule is CCC(O)CNC(CC)(CO)CO. The molecule has 0 spiro atoms. The van der Waals surface area contributed by atoms with Crippen molar-refractivity contribution < 1.29 is 15.3 Å². The van der Waals surface area contributed by atoms with Crippen molar-refractivity contribution in [1.29, 1.82) is 0 Å². The maximum atomic E-state index is 9.28. The summed E-state index contributed by atoms with van der Waals surface area (Å²) in [6, 6.07) is 0. The third-order valence-corrected chi connectivity index (χ3v) is 2.47. The van der Waals surface area contributed by atoms with Crippen LogP contribution in [0.4, 0.5) is 0 Å². The molecule has 4 heteroatoms. The Morgan fingerprint density at radius 3 is 2.08 bits per heavy atom. The van der Waals surface area contributed by atoms with E-state index in [4.69, 9.17) is 10.2 Å². The molecule has 13 heavy (non-hydrogen) atoms. The Bertz CT molecular complexity index is 118. The minimum Gasteiger partial charge on any atom is -0.394 e. The lowest BCUT2D eigenvalue weighted by Crippen LogP contribution is -2.53. The van der Waals surface area contributed by atoms with E-state index in [2.05, 4.69) is 5.32 Å². The van der Waals surface area contributed by atoms with Gasteiger partial charge in [-0.2, -0.15) is 0 Å². The Morgan fingerprint density at radius 1 is 1.23 bits per heavy atom. The molecule has 0 aliphatic carbocycles. The molecule has 0 aliphatic heterocycles. The molecule has 0 saturated heterocycles. The Morgan fingerprint density at radius 2 is 1.77 bits per heavy atom. The number of aliphatic hydroxyl groups excluding tert-OH is 3. The molecule has 0 heterocycles. The van der Waals surface area contributed by atoms with Gasteiger partial charge in [0.1, 0.15) is 0 Å². The van der Waals surface area contributed by atoms with Gasteiger partial charge in [-0.25, -0.2) is 0 Å². The first-order valence-electron chi connectivity index (χ1n) is 4.79. The van der Waals surface area contributed by atoms with Gasteiger partial charge in [0.05, 0.1) is 24.9 Å². The summed E-state index contributed by atoms with van der Waals surface area (Å²) in [6.07, 6.45) is 0.893. The van der Waals surface area contributed by atoms with E-state index >= 15 is 0 Å². The standard InChI is InChI=1S/C9H21NO3/c1-3-8(13)5-10-9(4-2,6-11)7-12/h8,10-13H,3-7H2,1-2H3. The molecule has 1 unspecified atom stereocenters. The largest absolute Gasteiger partial charge is 0.394 e. The highest BCUT2D eigenvalue weighted by molar-refractivity contribution is 4.85. The fourth-order valence-corrected chi connectivity index (χ4v) is 0.989. The molecule has 0 bridgehead atoms. The van der Waals surface area contributed by atoms with Crippen LogP contribution in [0, 0.1) is 0 Å². The number of hydrogen-bond donors (Lipinski definition) is 4. The predicted molar refractivity (Wildman–Crippen MR) is 51.5 cm³/mol. The summed E-state index contributed by atoms with van der Waals surface area (Å²) in [6.45, 7) is 3.95. The van der Waals surface area contributed by atoms with Crippen LogP contribution in [0.15, 0.2) is 0 Å². The summed E-state index contributed by atoms with van der Waals surface area (Å²) < 4.78 is 0. The average Bonchev–Trinajstić information content (AvgIpc) is 2.20. The second-order valence-electron chi connectivity index (χ2n) is 3.39. The lowest BCUT2D eigenvalue weighted by molar-refractivity contribution is 0.0701. The van der Waals surface area contributed by atoms with Gasteiger partial charge < -0.3 is 20.6 Å². The molecular weight excluding hydrogens is 170 g/mol. The van der Waals surface area contributed by atoms with Gasteiger partial charge in [0.2, 0.25) is 0 Å². The van der Waals surface area contributed by atoms with Crippen molar-refractivity contribution in [2.75, 3.05) is 19.8 Å². The highest BCUT2D eigenvalue weighted by Crippen LogP contribution is 2.08. The Balaban J connectivity index is 3.95. The zero-order valence-electron chi connectivity index (χ0n) is 8.45. The predicted octanol–water partition coefficient (Wildman–Crippen LogP) is -0.520. The van der Waals surface area contributed by atoms with Crippen LogP contribution in [0.2, 0.25) is 0 Å². The summed E-state index contributed by atoms with van der Waals surface area (Å²) in [7, 11) is 0. The first-order valence-corrected chi connectivity index (χ1v) is 4.79. The third kappa shape index (κ3) is 4.04. The van der Waals surface area contributed by atoms with E-state index in [1.54, 1.807) is 0 Å². The van der Waals surface area contributed by atoms with Crippen molar-refractivity contribution in [3.05, 3.63) is 0 Å². The van der Waals surface area contributed by atoms with E-state index in [9.17, 15) is 5.11 Å². The van der Waals surface area contributed by atoms with Crippen molar-refractivity contribution in [2.45, 2.75) is 38.3 Å². The molecule has 0 amide bonds. The van der Waals surface area contributed by atoms with E-state index in [-0.39, 0.29) is 13.2 Å². The molecule has 0 saturated carbocycles. The highest BCUT2D eigenvalue weighted by Gasteiger charge is 2.26. The molecular formula is C9H21NO3. The van der Waals surface area contributed by atoms with Gasteiger partial charge in [0.25, 0.3) is 0 Å². The Hall–Kier alpha value is -0.160. The molecule has 0 aromatic rings. The van der Waals surface area contributed by atoms with Crippen LogP contribution >= 0.6 is 0 Å². The first kappa shape index (κ1) is 12.8. The monoisotopic (exact) mass is 191 g/mol. The van der Waals surface area contributed by atoms with Crippen molar-refractivity contribution in [3.63, 3.8) is 0 Å². The fraction of sp³-hybridized carbons (Fsp3) is 1.00. The molecule has 0 radical (unpaired) electrons. The number of hydrogen-bond acceptors (Lipinski definition) is 4. The van der Waals surface area contributed by atoms with Gasteiger partial charge in [0, 0.05) is 6.54 Å². The van der Waals surface area contributed by atoms with Gasteiger partial charge >= 0.3 is 0 Å². The minimum absolute atomic E-state index is 0.115. The maximum Gasteiger partial charge on any atom is 0.0662 e. The molecule has 4 N–H and O–H groups in total. The van der Waals surface area contributed by atoms with E-state index in [1.807, 2.05) is 13.8 Å². The molecule has 4 nitrogen and oxygen atoms in total. The third-order valence-electron chi connectivity index (χ3n) is 2.47. The number of nitrogens with one attached hydrogen (secondary N) is 1. The van der Waals surface area contributed by atoms with Crippen LogP contribution in [0.3, 0.4) is 0 Å². The summed E-state index contributed by atoms with van der Waals surface area (Å²) in [4.78, 5) is 0. The average molecular weight is 191 g/mol. The van der Waals surface area contributed by atoms with Gasteiger partial charge in [0.15, 0.2) is 0 Å².